The van der Waals surface area contributed by atoms with Crippen molar-refractivity contribution in [3.63, 3.8) is 0 Å². The van der Waals surface area contributed by atoms with Crippen molar-refractivity contribution >= 4 is 12.2 Å². The van der Waals surface area contributed by atoms with Crippen molar-refractivity contribution in [3.05, 3.63) is 58.9 Å². The van der Waals surface area contributed by atoms with E-state index < -0.39 is 0 Å². The smallest absolute Gasteiger partial charge is 0.199 e. The summed E-state index contributed by atoms with van der Waals surface area (Å²) in [5.74, 6) is 1.76. The summed E-state index contributed by atoms with van der Waals surface area (Å²) >= 11 is 5.63. The Kier molecular flexibility index (Phi) is 4.74. The van der Waals surface area contributed by atoms with Crippen molar-refractivity contribution in [2.45, 2.75) is 45.4 Å². The van der Waals surface area contributed by atoms with Gasteiger partial charge in [-0.25, -0.2) is 9.36 Å². The maximum Gasteiger partial charge on any atom is 0.199 e. The van der Waals surface area contributed by atoms with E-state index in [1.54, 1.807) is 0 Å². The SMILES string of the molecule is CCn1c(C2CC2)nn(CN(C)Cc2cnn(-c3ccccc3)c2)c1=S. The molecular weight excluding hydrogens is 344 g/mol. The third-order valence-corrected chi connectivity index (χ3v) is 5.13. The number of rotatable bonds is 7. The largest absolute Gasteiger partial charge is 0.304 e. The lowest BCUT2D eigenvalue weighted by Crippen LogP contribution is -2.22. The molecule has 4 rings (SSSR count). The molecule has 1 aliphatic rings. The van der Waals surface area contributed by atoms with E-state index in [0.29, 0.717) is 12.6 Å². The maximum absolute atomic E-state index is 5.63. The number of hydrogen-bond acceptors (Lipinski definition) is 4. The molecule has 3 aromatic rings. The maximum atomic E-state index is 5.63. The lowest BCUT2D eigenvalue weighted by atomic mass is 10.3. The Hall–Kier alpha value is -2.25. The van der Waals surface area contributed by atoms with Crippen molar-refractivity contribution in [1.82, 2.24) is 29.0 Å². The highest BCUT2D eigenvalue weighted by Crippen LogP contribution is 2.39. The van der Waals surface area contributed by atoms with Crippen molar-refractivity contribution in [2.75, 3.05) is 7.05 Å². The zero-order chi connectivity index (χ0) is 18.1. The molecule has 6 nitrogen and oxygen atoms in total. The van der Waals surface area contributed by atoms with Crippen LogP contribution < -0.4 is 0 Å². The molecule has 0 N–H and O–H groups in total. The van der Waals surface area contributed by atoms with Crippen molar-refractivity contribution in [1.29, 1.82) is 0 Å². The van der Waals surface area contributed by atoms with Gasteiger partial charge >= 0.3 is 0 Å². The van der Waals surface area contributed by atoms with E-state index in [-0.39, 0.29) is 0 Å². The first-order chi connectivity index (χ1) is 12.7. The van der Waals surface area contributed by atoms with E-state index in [0.717, 1.165) is 29.4 Å². The van der Waals surface area contributed by atoms with Crippen LogP contribution >= 0.6 is 12.2 Å². The summed E-state index contributed by atoms with van der Waals surface area (Å²) in [4.78, 5) is 2.21. The zero-order valence-corrected chi connectivity index (χ0v) is 16.1. The van der Waals surface area contributed by atoms with E-state index >= 15 is 0 Å². The van der Waals surface area contributed by atoms with Gasteiger partial charge in [0.1, 0.15) is 5.82 Å². The van der Waals surface area contributed by atoms with Crippen LogP contribution in [0.3, 0.4) is 0 Å². The molecular formula is C19H24N6S. The van der Waals surface area contributed by atoms with Crippen LogP contribution in [0.25, 0.3) is 5.69 Å². The van der Waals surface area contributed by atoms with E-state index in [1.165, 1.54) is 18.4 Å². The number of benzene rings is 1. The van der Waals surface area contributed by atoms with E-state index in [4.69, 9.17) is 17.3 Å². The molecule has 2 heterocycles. The normalized spacial score (nSPS) is 14.3. The van der Waals surface area contributed by atoms with Gasteiger partial charge < -0.3 is 4.57 Å². The second-order valence-electron chi connectivity index (χ2n) is 6.94. The number of hydrogen-bond donors (Lipinski definition) is 0. The molecule has 0 aliphatic heterocycles. The highest BCUT2D eigenvalue weighted by Gasteiger charge is 2.29. The summed E-state index contributed by atoms with van der Waals surface area (Å²) in [6, 6.07) is 10.2. The lowest BCUT2D eigenvalue weighted by molar-refractivity contribution is 0.243. The predicted octanol–water partition coefficient (Wildman–Crippen LogP) is 3.59. The minimum Gasteiger partial charge on any atom is -0.304 e. The third kappa shape index (κ3) is 3.50. The van der Waals surface area contributed by atoms with Gasteiger partial charge in [0.25, 0.3) is 0 Å². The van der Waals surface area contributed by atoms with E-state index in [2.05, 4.69) is 46.9 Å². The molecule has 0 bridgehead atoms. The number of para-hydroxylation sites is 1. The molecule has 0 spiro atoms. The Labute approximate surface area is 158 Å². The Morgan fingerprint density at radius 2 is 2.00 bits per heavy atom. The molecule has 0 saturated heterocycles. The number of nitrogens with zero attached hydrogens (tertiary/aromatic N) is 6. The van der Waals surface area contributed by atoms with Crippen LogP contribution in [0, 0.1) is 4.77 Å². The Balaban J connectivity index is 1.46. The van der Waals surface area contributed by atoms with Gasteiger partial charge in [-0.2, -0.15) is 10.2 Å². The second-order valence-corrected chi connectivity index (χ2v) is 7.31. The van der Waals surface area contributed by atoms with Crippen LogP contribution in [0.4, 0.5) is 0 Å². The van der Waals surface area contributed by atoms with E-state index in [1.807, 2.05) is 33.8 Å². The van der Waals surface area contributed by atoms with Gasteiger partial charge in [-0.05, 0) is 51.2 Å². The molecule has 0 amide bonds. The number of aromatic nitrogens is 5. The van der Waals surface area contributed by atoms with Crippen molar-refractivity contribution in [3.8, 4) is 5.69 Å². The first kappa shape index (κ1) is 17.2. The molecule has 0 radical (unpaired) electrons. The standard InChI is InChI=1S/C19H24N6S/c1-3-23-18(16-9-10-16)21-25(19(23)26)14-22(2)12-15-11-20-24(13-15)17-7-5-4-6-8-17/h4-8,11,13,16H,3,9-10,12,14H2,1-2H3. The molecule has 26 heavy (non-hydrogen) atoms. The summed E-state index contributed by atoms with van der Waals surface area (Å²) in [5.41, 5.74) is 2.24. The minimum atomic E-state index is 0.604. The highest BCUT2D eigenvalue weighted by atomic mass is 32.1. The van der Waals surface area contributed by atoms with E-state index in [9.17, 15) is 0 Å². The summed E-state index contributed by atoms with van der Waals surface area (Å²) in [7, 11) is 2.09. The monoisotopic (exact) mass is 368 g/mol. The molecule has 7 heteroatoms. The lowest BCUT2D eigenvalue weighted by Gasteiger charge is -2.15. The van der Waals surface area contributed by atoms with Crippen molar-refractivity contribution < 1.29 is 0 Å². The molecule has 1 saturated carbocycles. The Morgan fingerprint density at radius 3 is 2.69 bits per heavy atom. The first-order valence-corrected chi connectivity index (χ1v) is 9.51. The fraction of sp³-hybridized carbons (Fsp3) is 0.421. The summed E-state index contributed by atoms with van der Waals surface area (Å²) in [6.07, 6.45) is 6.47. The predicted molar refractivity (Wildman–Crippen MR) is 104 cm³/mol. The Morgan fingerprint density at radius 1 is 1.23 bits per heavy atom. The zero-order valence-electron chi connectivity index (χ0n) is 15.2. The topological polar surface area (TPSA) is 43.8 Å². The van der Waals surface area contributed by atoms with Gasteiger partial charge in [0, 0.05) is 30.8 Å². The molecule has 0 unspecified atom stereocenters. The highest BCUT2D eigenvalue weighted by molar-refractivity contribution is 7.71. The molecule has 2 aromatic heterocycles. The van der Waals surface area contributed by atoms with Crippen LogP contribution in [-0.2, 0) is 19.8 Å². The average molecular weight is 369 g/mol. The van der Waals surface area contributed by atoms with Gasteiger partial charge in [0.05, 0.1) is 18.6 Å². The molecule has 0 atom stereocenters. The van der Waals surface area contributed by atoms with Gasteiger partial charge in [-0.3, -0.25) is 4.90 Å². The van der Waals surface area contributed by atoms with Gasteiger partial charge in [-0.1, -0.05) is 18.2 Å². The quantitative estimate of drug-likeness (QED) is 0.598. The van der Waals surface area contributed by atoms with Crippen molar-refractivity contribution in [2.24, 2.45) is 0 Å². The fourth-order valence-corrected chi connectivity index (χ4v) is 3.57. The second kappa shape index (κ2) is 7.17. The molecule has 136 valence electrons. The summed E-state index contributed by atoms with van der Waals surface area (Å²) in [5, 5.41) is 9.26. The van der Waals surface area contributed by atoms with Crippen LogP contribution in [0.5, 0.6) is 0 Å². The third-order valence-electron chi connectivity index (χ3n) is 4.69. The minimum absolute atomic E-state index is 0.604. The molecule has 1 aliphatic carbocycles. The van der Waals surface area contributed by atoms with Gasteiger partial charge in [0.2, 0.25) is 0 Å². The van der Waals surface area contributed by atoms with Crippen LogP contribution in [0.1, 0.15) is 37.1 Å². The summed E-state index contributed by atoms with van der Waals surface area (Å²) < 4.78 is 6.86. The molecule has 1 aromatic carbocycles. The summed E-state index contributed by atoms with van der Waals surface area (Å²) in [6.45, 7) is 4.50. The van der Waals surface area contributed by atoms with Crippen LogP contribution in [0.15, 0.2) is 42.7 Å². The van der Waals surface area contributed by atoms with Gasteiger partial charge in [-0.15, -0.1) is 0 Å². The van der Waals surface area contributed by atoms with Crippen LogP contribution in [-0.4, -0.2) is 36.1 Å². The van der Waals surface area contributed by atoms with Gasteiger partial charge in [0.15, 0.2) is 4.77 Å². The Bertz CT molecular complexity index is 935. The average Bonchev–Trinajstić information content (AvgIpc) is 3.32. The molecule has 1 fully saturated rings. The fourth-order valence-electron chi connectivity index (χ4n) is 3.24. The first-order valence-electron chi connectivity index (χ1n) is 9.10. The van der Waals surface area contributed by atoms with Crippen LogP contribution in [0.2, 0.25) is 0 Å².